The first-order chi connectivity index (χ1) is 13.0. The van der Waals surface area contributed by atoms with Crippen molar-refractivity contribution in [2.75, 3.05) is 26.4 Å². The maximum Gasteiger partial charge on any atom is 0.338 e. The number of benzene rings is 1. The first-order valence-electron chi connectivity index (χ1n) is 9.20. The third kappa shape index (κ3) is 9.51. The summed E-state index contributed by atoms with van der Waals surface area (Å²) in [6, 6.07) is 4.98. The Balaban J connectivity index is 0.00000119. The average Bonchev–Trinajstić information content (AvgIpc) is 2.65. The van der Waals surface area contributed by atoms with Gasteiger partial charge in [0, 0.05) is 13.2 Å². The molecule has 27 heavy (non-hydrogen) atoms. The van der Waals surface area contributed by atoms with Crippen molar-refractivity contribution in [2.45, 2.75) is 52.7 Å². The summed E-state index contributed by atoms with van der Waals surface area (Å²) in [5, 5.41) is 19.2. The maximum absolute atomic E-state index is 12.2. The van der Waals surface area contributed by atoms with Crippen molar-refractivity contribution in [1.29, 1.82) is 0 Å². The Bertz CT molecular complexity index is 543. The monoisotopic (exact) mass is 384 g/mol. The number of hydrogen-bond donors (Lipinski definition) is 2. The van der Waals surface area contributed by atoms with E-state index in [9.17, 15) is 19.8 Å². The normalized spacial score (nSPS) is 12.4. The van der Waals surface area contributed by atoms with E-state index in [1.807, 2.05) is 27.7 Å². The minimum atomic E-state index is -1.53. The van der Waals surface area contributed by atoms with Crippen LogP contribution in [0.4, 0.5) is 0 Å². The molecule has 0 aliphatic rings. The van der Waals surface area contributed by atoms with Crippen LogP contribution in [-0.4, -0.2) is 55.4 Å². The van der Waals surface area contributed by atoms with Crippen molar-refractivity contribution in [3.05, 3.63) is 34.9 Å². The number of ether oxygens (including phenoxy) is 3. The van der Waals surface area contributed by atoms with E-state index in [4.69, 9.17) is 9.47 Å². The van der Waals surface area contributed by atoms with E-state index >= 15 is 0 Å². The highest BCUT2D eigenvalue weighted by Gasteiger charge is 2.27. The highest BCUT2D eigenvalue weighted by molar-refractivity contribution is 5.91. The number of aryl methyl sites for hydroxylation is 1. The first-order valence-corrected chi connectivity index (χ1v) is 9.20. The summed E-state index contributed by atoms with van der Waals surface area (Å²) >= 11 is 0. The number of esters is 1. The molecular weight excluding hydrogens is 352 g/mol. The highest BCUT2D eigenvalue weighted by Crippen LogP contribution is 2.25. The fourth-order valence-electron chi connectivity index (χ4n) is 2.26. The Morgan fingerprint density at radius 1 is 1.22 bits per heavy atom. The van der Waals surface area contributed by atoms with Gasteiger partial charge < -0.3 is 24.4 Å². The molecular formula is C20H32O7. The minimum Gasteiger partial charge on any atom is -0.462 e. The number of unbranched alkanes of at least 4 members (excludes halogenated alkanes) is 1. The van der Waals surface area contributed by atoms with Crippen LogP contribution in [0.3, 0.4) is 0 Å². The fourth-order valence-corrected chi connectivity index (χ4v) is 2.26. The Labute approximate surface area is 161 Å². The van der Waals surface area contributed by atoms with Gasteiger partial charge in [-0.15, -0.1) is 0 Å². The molecule has 0 heterocycles. The van der Waals surface area contributed by atoms with E-state index < -0.39 is 24.8 Å². The highest BCUT2D eigenvalue weighted by atomic mass is 16.6. The lowest BCUT2D eigenvalue weighted by atomic mass is 9.92. The summed E-state index contributed by atoms with van der Waals surface area (Å²) in [6.45, 7) is 9.40. The zero-order chi connectivity index (χ0) is 20.7. The minimum absolute atomic E-state index is 0.0980. The maximum atomic E-state index is 12.2. The first kappa shape index (κ1) is 25.0. The molecule has 0 aromatic heterocycles. The van der Waals surface area contributed by atoms with Crippen molar-refractivity contribution < 1.29 is 34.0 Å². The predicted molar refractivity (Wildman–Crippen MR) is 102 cm³/mol. The van der Waals surface area contributed by atoms with E-state index in [1.165, 1.54) is 0 Å². The van der Waals surface area contributed by atoms with Crippen LogP contribution < -0.4 is 0 Å². The van der Waals surface area contributed by atoms with Gasteiger partial charge in [0.25, 0.3) is 6.47 Å². The van der Waals surface area contributed by atoms with Gasteiger partial charge >= 0.3 is 5.97 Å². The molecule has 1 rings (SSSR count). The summed E-state index contributed by atoms with van der Waals surface area (Å²) in [5.74, 6) is -1.44. The third-order valence-electron chi connectivity index (χ3n) is 3.70. The molecule has 154 valence electrons. The van der Waals surface area contributed by atoms with Crippen LogP contribution in [0, 0.1) is 6.92 Å². The van der Waals surface area contributed by atoms with Crippen LogP contribution in [-0.2, 0) is 19.0 Å². The molecule has 0 aliphatic heterocycles. The van der Waals surface area contributed by atoms with Gasteiger partial charge in [0.2, 0.25) is 6.29 Å². The SMILES string of the molecule is CCCCOC(=O)c1cc(C)ccc1C(CO)C(O)OC=O.CCOCC. The molecule has 0 spiro atoms. The number of rotatable bonds is 11. The topological polar surface area (TPSA) is 102 Å². The molecule has 0 saturated heterocycles. The molecule has 7 heteroatoms. The van der Waals surface area contributed by atoms with Gasteiger partial charge in [0.05, 0.1) is 24.7 Å². The lowest BCUT2D eigenvalue weighted by Gasteiger charge is -2.22. The van der Waals surface area contributed by atoms with Gasteiger partial charge in [0.1, 0.15) is 0 Å². The van der Waals surface area contributed by atoms with Gasteiger partial charge in [-0.3, -0.25) is 4.79 Å². The number of aliphatic hydroxyl groups excluding tert-OH is 2. The lowest BCUT2D eigenvalue weighted by Crippen LogP contribution is -2.26. The molecule has 1 aromatic rings. The number of aliphatic hydroxyl groups is 2. The van der Waals surface area contributed by atoms with Crippen LogP contribution in [0.25, 0.3) is 0 Å². The standard InChI is InChI=1S/C16H22O6.C4H10O/c1-3-4-7-21-15(19)13-8-11(2)5-6-12(13)14(9-17)16(20)22-10-18;1-3-5-4-2/h5-6,8,10,14,16-17,20H,3-4,7,9H2,1-2H3;3-4H2,1-2H3. The Morgan fingerprint density at radius 3 is 2.37 bits per heavy atom. The zero-order valence-corrected chi connectivity index (χ0v) is 16.6. The second-order valence-corrected chi connectivity index (χ2v) is 5.77. The van der Waals surface area contributed by atoms with Crippen molar-refractivity contribution in [2.24, 2.45) is 0 Å². The Kier molecular flexibility index (Phi) is 14.0. The van der Waals surface area contributed by atoms with Crippen LogP contribution in [0.15, 0.2) is 18.2 Å². The van der Waals surface area contributed by atoms with E-state index in [0.717, 1.165) is 31.6 Å². The van der Waals surface area contributed by atoms with Gasteiger partial charge in [-0.25, -0.2) is 4.79 Å². The average molecular weight is 384 g/mol. The van der Waals surface area contributed by atoms with Gasteiger partial charge in [-0.2, -0.15) is 0 Å². The van der Waals surface area contributed by atoms with Crippen molar-refractivity contribution in [3.8, 4) is 0 Å². The molecule has 2 N–H and O–H groups in total. The van der Waals surface area contributed by atoms with Gasteiger partial charge in [-0.1, -0.05) is 31.0 Å². The van der Waals surface area contributed by atoms with Crippen LogP contribution in [0.2, 0.25) is 0 Å². The molecule has 0 radical (unpaired) electrons. The molecule has 0 bridgehead atoms. The zero-order valence-electron chi connectivity index (χ0n) is 16.6. The van der Waals surface area contributed by atoms with Gasteiger partial charge in [0.15, 0.2) is 0 Å². The van der Waals surface area contributed by atoms with E-state index in [1.54, 1.807) is 18.2 Å². The Hall–Kier alpha value is -1.96. The smallest absolute Gasteiger partial charge is 0.338 e. The largest absolute Gasteiger partial charge is 0.462 e. The summed E-state index contributed by atoms with van der Waals surface area (Å²) in [5.41, 5.74) is 1.47. The van der Waals surface area contributed by atoms with E-state index in [-0.39, 0.29) is 12.0 Å². The molecule has 0 fully saturated rings. The van der Waals surface area contributed by atoms with Crippen LogP contribution in [0.5, 0.6) is 0 Å². The fraction of sp³-hybridized carbons (Fsp3) is 0.600. The summed E-state index contributed by atoms with van der Waals surface area (Å²) in [4.78, 5) is 22.6. The Morgan fingerprint density at radius 2 is 1.89 bits per heavy atom. The molecule has 7 nitrogen and oxygen atoms in total. The molecule has 0 saturated carbocycles. The summed E-state index contributed by atoms with van der Waals surface area (Å²) in [7, 11) is 0. The van der Waals surface area contributed by atoms with Crippen molar-refractivity contribution in [3.63, 3.8) is 0 Å². The van der Waals surface area contributed by atoms with Crippen molar-refractivity contribution in [1.82, 2.24) is 0 Å². The molecule has 1 aromatic carbocycles. The number of hydrogen-bond acceptors (Lipinski definition) is 7. The predicted octanol–water partition coefficient (Wildman–Crippen LogP) is 2.56. The summed E-state index contributed by atoms with van der Waals surface area (Å²) < 4.78 is 14.5. The van der Waals surface area contributed by atoms with Crippen LogP contribution >= 0.6 is 0 Å². The quantitative estimate of drug-likeness (QED) is 0.262. The lowest BCUT2D eigenvalue weighted by molar-refractivity contribution is -0.157. The van der Waals surface area contributed by atoms with Crippen molar-refractivity contribution >= 4 is 12.4 Å². The number of carbonyl (C=O) groups is 2. The second-order valence-electron chi connectivity index (χ2n) is 5.77. The second kappa shape index (κ2) is 15.1. The molecule has 0 aliphatic carbocycles. The molecule has 2 unspecified atom stereocenters. The van der Waals surface area contributed by atoms with Gasteiger partial charge in [-0.05, 0) is 38.8 Å². The van der Waals surface area contributed by atoms with E-state index in [0.29, 0.717) is 12.2 Å². The molecule has 2 atom stereocenters. The number of carbonyl (C=O) groups excluding carboxylic acids is 2. The van der Waals surface area contributed by atoms with E-state index in [2.05, 4.69) is 4.74 Å². The molecule has 0 amide bonds. The summed E-state index contributed by atoms with van der Waals surface area (Å²) in [6.07, 6.45) is 0.124. The third-order valence-corrected chi connectivity index (χ3v) is 3.70. The van der Waals surface area contributed by atoms with Crippen LogP contribution in [0.1, 0.15) is 61.0 Å².